The summed E-state index contributed by atoms with van der Waals surface area (Å²) < 4.78 is 5.38. The average Bonchev–Trinajstić information content (AvgIpc) is 3.23. The van der Waals surface area contributed by atoms with Crippen LogP contribution in [0.2, 0.25) is 5.02 Å². The van der Waals surface area contributed by atoms with Gasteiger partial charge in [-0.25, -0.2) is 0 Å². The highest BCUT2D eigenvalue weighted by atomic mass is 35.5. The first kappa shape index (κ1) is 22.6. The summed E-state index contributed by atoms with van der Waals surface area (Å²) in [4.78, 5) is 11.7. The molecule has 1 aromatic carbocycles. The molecular weight excluding hydrogens is 400 g/mol. The van der Waals surface area contributed by atoms with Crippen LogP contribution in [0.25, 0.3) is 11.4 Å². The van der Waals surface area contributed by atoms with Crippen LogP contribution in [-0.2, 0) is 6.42 Å². The normalized spacial score (nSPS) is 16.0. The maximum absolute atomic E-state index is 5.93. The smallest absolute Gasteiger partial charge is 0.228 e. The number of aliphatic imine (C=N–C) groups is 1. The molecule has 0 saturated carbocycles. The van der Waals surface area contributed by atoms with Crippen LogP contribution < -0.4 is 10.6 Å². The van der Waals surface area contributed by atoms with Crippen LogP contribution in [0.5, 0.6) is 0 Å². The van der Waals surface area contributed by atoms with Crippen molar-refractivity contribution in [3.05, 3.63) is 35.2 Å². The Morgan fingerprint density at radius 2 is 2.00 bits per heavy atom. The van der Waals surface area contributed by atoms with Crippen molar-refractivity contribution in [2.45, 2.75) is 52.0 Å². The Kier molecular flexibility index (Phi) is 8.96. The highest BCUT2D eigenvalue weighted by Crippen LogP contribution is 2.18. The molecule has 0 radical (unpaired) electrons. The molecule has 0 amide bonds. The fourth-order valence-corrected chi connectivity index (χ4v) is 3.66. The second-order valence-corrected chi connectivity index (χ2v) is 8.08. The summed E-state index contributed by atoms with van der Waals surface area (Å²) in [5.74, 6) is 2.02. The number of likely N-dealkylation sites (tertiary alicyclic amines) is 1. The monoisotopic (exact) mass is 432 g/mol. The second kappa shape index (κ2) is 11.9. The topological polar surface area (TPSA) is 78.6 Å². The number of piperidine rings is 1. The van der Waals surface area contributed by atoms with Gasteiger partial charge in [0.15, 0.2) is 5.96 Å². The minimum absolute atomic E-state index is 0.473. The Balaban J connectivity index is 1.47. The standard InChI is InChI=1S/C22H33ClN6O/c1-3-5-14-29-15-11-19(12-16-29)26-22(24-4-2)25-13-10-20-27-21(28-30-20)17-6-8-18(23)9-7-17/h6-9,19H,3-5,10-16H2,1-2H3,(H2,24,25,26). The molecule has 0 atom stereocenters. The van der Waals surface area contributed by atoms with Crippen LogP contribution in [0.4, 0.5) is 0 Å². The van der Waals surface area contributed by atoms with Gasteiger partial charge in [0.25, 0.3) is 0 Å². The molecule has 30 heavy (non-hydrogen) atoms. The first-order chi connectivity index (χ1) is 14.7. The molecule has 1 fully saturated rings. The van der Waals surface area contributed by atoms with Crippen molar-refractivity contribution in [2.24, 2.45) is 4.99 Å². The third-order valence-electron chi connectivity index (χ3n) is 5.27. The van der Waals surface area contributed by atoms with E-state index in [9.17, 15) is 0 Å². The van der Waals surface area contributed by atoms with Crippen molar-refractivity contribution in [1.29, 1.82) is 0 Å². The van der Waals surface area contributed by atoms with Crippen molar-refractivity contribution >= 4 is 17.6 Å². The second-order valence-electron chi connectivity index (χ2n) is 7.64. The number of hydrogen-bond donors (Lipinski definition) is 2. The van der Waals surface area contributed by atoms with Gasteiger partial charge in [0.05, 0.1) is 6.54 Å². The minimum atomic E-state index is 0.473. The van der Waals surface area contributed by atoms with E-state index in [1.807, 2.05) is 24.3 Å². The number of aromatic nitrogens is 2. The molecule has 1 aromatic heterocycles. The van der Waals surface area contributed by atoms with Gasteiger partial charge >= 0.3 is 0 Å². The molecule has 2 N–H and O–H groups in total. The zero-order chi connectivity index (χ0) is 21.2. The van der Waals surface area contributed by atoms with Crippen molar-refractivity contribution in [2.75, 3.05) is 32.7 Å². The van der Waals surface area contributed by atoms with Gasteiger partial charge < -0.3 is 20.1 Å². The molecular formula is C22H33ClN6O. The first-order valence-corrected chi connectivity index (χ1v) is 11.4. The SMILES string of the molecule is CCCCN1CCC(NC(=NCCc2nc(-c3ccc(Cl)cc3)no2)NCC)CC1. The molecule has 2 aromatic rings. The average molecular weight is 433 g/mol. The lowest BCUT2D eigenvalue weighted by Gasteiger charge is -2.33. The van der Waals surface area contributed by atoms with E-state index in [2.05, 4.69) is 39.5 Å². The third kappa shape index (κ3) is 6.99. The van der Waals surface area contributed by atoms with Crippen molar-refractivity contribution < 1.29 is 4.52 Å². The van der Waals surface area contributed by atoms with Gasteiger partial charge in [0.1, 0.15) is 0 Å². The molecule has 0 spiro atoms. The highest BCUT2D eigenvalue weighted by molar-refractivity contribution is 6.30. The van der Waals surface area contributed by atoms with Crippen molar-refractivity contribution in [1.82, 2.24) is 25.7 Å². The lowest BCUT2D eigenvalue weighted by Crippen LogP contribution is -2.48. The van der Waals surface area contributed by atoms with Gasteiger partial charge in [-0.3, -0.25) is 4.99 Å². The number of rotatable bonds is 9. The van der Waals surface area contributed by atoms with Gasteiger partial charge in [-0.2, -0.15) is 4.98 Å². The first-order valence-electron chi connectivity index (χ1n) is 11.0. The number of nitrogens with one attached hydrogen (secondary N) is 2. The maximum atomic E-state index is 5.93. The van der Waals surface area contributed by atoms with Crippen LogP contribution in [0.3, 0.4) is 0 Å². The van der Waals surface area contributed by atoms with Crippen LogP contribution in [-0.4, -0.2) is 59.8 Å². The van der Waals surface area contributed by atoms with E-state index in [0.717, 1.165) is 44.0 Å². The Morgan fingerprint density at radius 3 is 2.70 bits per heavy atom. The predicted octanol–water partition coefficient (Wildman–Crippen LogP) is 3.75. The Bertz CT molecular complexity index is 783. The van der Waals surface area contributed by atoms with Crippen molar-refractivity contribution in [3.63, 3.8) is 0 Å². The number of benzene rings is 1. The van der Waals surface area contributed by atoms with E-state index in [4.69, 9.17) is 21.1 Å². The minimum Gasteiger partial charge on any atom is -0.357 e. The molecule has 0 bridgehead atoms. The molecule has 1 saturated heterocycles. The molecule has 1 aliphatic heterocycles. The van der Waals surface area contributed by atoms with Gasteiger partial charge in [-0.05, 0) is 57.0 Å². The summed E-state index contributed by atoms with van der Waals surface area (Å²) in [6.45, 7) is 9.30. The molecule has 0 aliphatic carbocycles. The van der Waals surface area contributed by atoms with E-state index in [-0.39, 0.29) is 0 Å². The highest BCUT2D eigenvalue weighted by Gasteiger charge is 2.19. The zero-order valence-electron chi connectivity index (χ0n) is 18.0. The zero-order valence-corrected chi connectivity index (χ0v) is 18.8. The molecule has 2 heterocycles. The molecule has 1 aliphatic rings. The Hall–Kier alpha value is -2.12. The molecule has 0 unspecified atom stereocenters. The number of guanidine groups is 1. The number of hydrogen-bond acceptors (Lipinski definition) is 5. The quantitative estimate of drug-likeness (QED) is 0.464. The number of halogens is 1. The molecule has 8 heteroatoms. The summed E-state index contributed by atoms with van der Waals surface area (Å²) in [7, 11) is 0. The Morgan fingerprint density at radius 1 is 1.23 bits per heavy atom. The maximum Gasteiger partial charge on any atom is 0.228 e. The van der Waals surface area contributed by atoms with Crippen molar-refractivity contribution in [3.8, 4) is 11.4 Å². The largest absolute Gasteiger partial charge is 0.357 e. The number of nitrogens with zero attached hydrogens (tertiary/aromatic N) is 4. The summed E-state index contributed by atoms with van der Waals surface area (Å²) in [5, 5.41) is 11.7. The van der Waals surface area contributed by atoms with Gasteiger partial charge in [0, 0.05) is 42.7 Å². The fraction of sp³-hybridized carbons (Fsp3) is 0.591. The van der Waals surface area contributed by atoms with Crippen LogP contribution >= 0.6 is 11.6 Å². The summed E-state index contributed by atoms with van der Waals surface area (Å²) in [5.41, 5.74) is 0.887. The Labute approximate surface area is 184 Å². The van der Waals surface area contributed by atoms with E-state index < -0.39 is 0 Å². The lowest BCUT2D eigenvalue weighted by atomic mass is 10.0. The summed E-state index contributed by atoms with van der Waals surface area (Å²) >= 11 is 5.93. The molecule has 3 rings (SSSR count). The van der Waals surface area contributed by atoms with E-state index in [1.54, 1.807) is 0 Å². The summed E-state index contributed by atoms with van der Waals surface area (Å²) in [6.07, 6.45) is 5.46. The molecule has 164 valence electrons. The van der Waals surface area contributed by atoms with Gasteiger partial charge in [-0.15, -0.1) is 0 Å². The van der Waals surface area contributed by atoms with Gasteiger partial charge in [0.2, 0.25) is 11.7 Å². The fourth-order valence-electron chi connectivity index (χ4n) is 3.53. The molecule has 7 nitrogen and oxygen atoms in total. The predicted molar refractivity (Wildman–Crippen MR) is 122 cm³/mol. The van der Waals surface area contributed by atoms with Gasteiger partial charge in [-0.1, -0.05) is 30.1 Å². The van der Waals surface area contributed by atoms with Crippen LogP contribution in [0.1, 0.15) is 45.4 Å². The van der Waals surface area contributed by atoms with Crippen LogP contribution in [0.15, 0.2) is 33.8 Å². The van der Waals surface area contributed by atoms with E-state index >= 15 is 0 Å². The van der Waals surface area contributed by atoms with Crippen LogP contribution in [0, 0.1) is 0 Å². The van der Waals surface area contributed by atoms with E-state index in [1.165, 1.54) is 19.4 Å². The summed E-state index contributed by atoms with van der Waals surface area (Å²) in [6, 6.07) is 7.88. The van der Waals surface area contributed by atoms with E-state index in [0.29, 0.717) is 35.7 Å². The number of unbranched alkanes of at least 4 members (excludes halogenated alkanes) is 1. The third-order valence-corrected chi connectivity index (χ3v) is 5.52. The lowest BCUT2D eigenvalue weighted by molar-refractivity contribution is 0.203.